The van der Waals surface area contributed by atoms with Gasteiger partial charge in [0.25, 0.3) is 11.1 Å². The third kappa shape index (κ3) is 3.59. The van der Waals surface area contributed by atoms with E-state index in [4.69, 9.17) is 4.98 Å². The number of aromatic nitrogens is 4. The van der Waals surface area contributed by atoms with Gasteiger partial charge in [0.05, 0.1) is 11.9 Å². The average Bonchev–Trinajstić information content (AvgIpc) is 3.19. The van der Waals surface area contributed by atoms with E-state index in [1.165, 1.54) is 28.5 Å². The summed E-state index contributed by atoms with van der Waals surface area (Å²) in [6.07, 6.45) is 4.28. The Morgan fingerprint density at radius 2 is 1.79 bits per heavy atom. The molecule has 0 unspecified atom stereocenters. The molecule has 1 N–H and O–H groups in total. The van der Waals surface area contributed by atoms with Gasteiger partial charge in [-0.15, -0.1) is 11.3 Å². The standard InChI is InChI=1S/C22H25N7O3S/c1-26-20(14(11-23)21(31)27(2)22(26)32)29-9-7-28(8-10-29)12-16-24-18(30)17-13-5-3-4-6-15(13)33-19(17)25-16/h3-10,12H2,1-2H3,(H,24,25,30). The van der Waals surface area contributed by atoms with E-state index in [2.05, 4.69) is 9.88 Å². The van der Waals surface area contributed by atoms with Crippen molar-refractivity contribution in [1.29, 1.82) is 5.26 Å². The summed E-state index contributed by atoms with van der Waals surface area (Å²) in [7, 11) is 2.96. The first-order chi connectivity index (χ1) is 15.9. The van der Waals surface area contributed by atoms with Crippen molar-refractivity contribution >= 4 is 27.4 Å². The van der Waals surface area contributed by atoms with Crippen LogP contribution in [0.5, 0.6) is 0 Å². The van der Waals surface area contributed by atoms with Crippen LogP contribution in [-0.2, 0) is 33.5 Å². The van der Waals surface area contributed by atoms with Gasteiger partial charge >= 0.3 is 5.69 Å². The molecule has 3 aromatic heterocycles. The van der Waals surface area contributed by atoms with Crippen LogP contribution in [0, 0.1) is 11.3 Å². The second-order valence-electron chi connectivity index (χ2n) is 8.68. The van der Waals surface area contributed by atoms with Crippen molar-refractivity contribution in [2.45, 2.75) is 32.2 Å². The first-order valence-electron chi connectivity index (χ1n) is 11.1. The van der Waals surface area contributed by atoms with E-state index in [1.54, 1.807) is 18.4 Å². The lowest BCUT2D eigenvalue weighted by Crippen LogP contribution is -2.50. The number of aryl methyl sites for hydroxylation is 2. The second-order valence-corrected chi connectivity index (χ2v) is 9.77. The molecular weight excluding hydrogens is 442 g/mol. The minimum atomic E-state index is -0.577. The molecule has 11 heteroatoms. The van der Waals surface area contributed by atoms with Gasteiger partial charge in [-0.1, -0.05) is 0 Å². The smallest absolute Gasteiger partial charge is 0.332 e. The Labute approximate surface area is 193 Å². The number of fused-ring (bicyclic) bond motifs is 3. The minimum absolute atomic E-state index is 0.0221. The average molecular weight is 468 g/mol. The Bertz CT molecular complexity index is 1460. The molecule has 0 saturated carbocycles. The Morgan fingerprint density at radius 1 is 1.06 bits per heavy atom. The van der Waals surface area contributed by atoms with E-state index in [9.17, 15) is 19.6 Å². The summed E-state index contributed by atoms with van der Waals surface area (Å²) in [4.78, 5) is 51.5. The zero-order valence-electron chi connectivity index (χ0n) is 18.7. The van der Waals surface area contributed by atoms with Crippen LogP contribution in [0.25, 0.3) is 10.2 Å². The Morgan fingerprint density at radius 3 is 2.52 bits per heavy atom. The zero-order chi connectivity index (χ0) is 23.3. The summed E-state index contributed by atoms with van der Waals surface area (Å²) in [6.45, 7) is 2.92. The van der Waals surface area contributed by atoms with Gasteiger partial charge < -0.3 is 9.88 Å². The fraction of sp³-hybridized carbons (Fsp3) is 0.500. The molecule has 2 aliphatic rings. The van der Waals surface area contributed by atoms with Crippen LogP contribution >= 0.6 is 11.3 Å². The van der Waals surface area contributed by atoms with E-state index in [-0.39, 0.29) is 11.1 Å². The number of nitrogens with one attached hydrogen (secondary N) is 1. The molecule has 1 saturated heterocycles. The monoisotopic (exact) mass is 467 g/mol. The van der Waals surface area contributed by atoms with Gasteiger partial charge in [0.2, 0.25) is 0 Å². The number of nitrogens with zero attached hydrogens (tertiary/aromatic N) is 6. The van der Waals surface area contributed by atoms with Crippen LogP contribution in [-0.4, -0.2) is 50.2 Å². The molecule has 0 aromatic carbocycles. The predicted molar refractivity (Wildman–Crippen MR) is 126 cm³/mol. The number of rotatable bonds is 3. The van der Waals surface area contributed by atoms with Crippen molar-refractivity contribution < 1.29 is 0 Å². The topological polar surface area (TPSA) is 120 Å². The first kappa shape index (κ1) is 21.6. The molecule has 1 aliphatic carbocycles. The van der Waals surface area contributed by atoms with Gasteiger partial charge in [-0.2, -0.15) is 5.26 Å². The van der Waals surface area contributed by atoms with E-state index in [0.29, 0.717) is 44.4 Å². The largest absolute Gasteiger partial charge is 0.354 e. The number of aromatic amines is 1. The molecule has 1 fully saturated rings. The summed E-state index contributed by atoms with van der Waals surface area (Å²) in [5.74, 6) is 1.01. The predicted octanol–water partition coefficient (Wildman–Crippen LogP) is 0.455. The molecule has 0 atom stereocenters. The molecule has 1 aliphatic heterocycles. The molecule has 4 heterocycles. The fourth-order valence-electron chi connectivity index (χ4n) is 4.91. The highest BCUT2D eigenvalue weighted by molar-refractivity contribution is 7.18. The van der Waals surface area contributed by atoms with Crippen LogP contribution in [0.15, 0.2) is 14.4 Å². The van der Waals surface area contributed by atoms with Gasteiger partial charge in [0.15, 0.2) is 5.56 Å². The van der Waals surface area contributed by atoms with Gasteiger partial charge in [0, 0.05) is 45.2 Å². The Hall–Kier alpha value is -3.23. The van der Waals surface area contributed by atoms with E-state index in [0.717, 1.165) is 34.0 Å². The maximum absolute atomic E-state index is 12.8. The quantitative estimate of drug-likeness (QED) is 0.594. The molecule has 3 aromatic rings. The fourth-order valence-corrected chi connectivity index (χ4v) is 6.20. The summed E-state index contributed by atoms with van der Waals surface area (Å²) < 4.78 is 2.32. The highest BCUT2D eigenvalue weighted by atomic mass is 32.1. The number of hydrogen-bond donors (Lipinski definition) is 1. The minimum Gasteiger partial charge on any atom is -0.354 e. The highest BCUT2D eigenvalue weighted by Gasteiger charge is 2.26. The van der Waals surface area contributed by atoms with Gasteiger partial charge in [-0.25, -0.2) is 9.78 Å². The molecule has 172 valence electrons. The molecule has 0 bridgehead atoms. The van der Waals surface area contributed by atoms with Gasteiger partial charge in [0.1, 0.15) is 22.5 Å². The number of H-pyrrole nitrogens is 1. The van der Waals surface area contributed by atoms with Crippen molar-refractivity contribution in [3.05, 3.63) is 53.0 Å². The summed E-state index contributed by atoms with van der Waals surface area (Å²) in [6, 6.07) is 1.97. The van der Waals surface area contributed by atoms with Crippen LogP contribution in [0.3, 0.4) is 0 Å². The number of piperazine rings is 1. The van der Waals surface area contributed by atoms with Crippen LogP contribution in [0.4, 0.5) is 5.82 Å². The number of anilines is 1. The van der Waals surface area contributed by atoms with Crippen molar-refractivity contribution in [3.63, 3.8) is 0 Å². The van der Waals surface area contributed by atoms with Crippen molar-refractivity contribution in [2.24, 2.45) is 14.1 Å². The molecule has 5 rings (SSSR count). The number of nitriles is 1. The van der Waals surface area contributed by atoms with Crippen molar-refractivity contribution in [2.75, 3.05) is 31.1 Å². The molecular formula is C22H25N7O3S. The maximum atomic E-state index is 12.8. The van der Waals surface area contributed by atoms with E-state index < -0.39 is 11.2 Å². The maximum Gasteiger partial charge on any atom is 0.332 e. The highest BCUT2D eigenvalue weighted by Crippen LogP contribution is 2.33. The Kier molecular flexibility index (Phi) is 5.42. The van der Waals surface area contributed by atoms with Crippen molar-refractivity contribution in [3.8, 4) is 6.07 Å². The third-order valence-corrected chi connectivity index (χ3v) is 7.85. The third-order valence-electron chi connectivity index (χ3n) is 6.66. The lowest BCUT2D eigenvalue weighted by atomic mass is 9.97. The lowest BCUT2D eigenvalue weighted by molar-refractivity contribution is 0.243. The van der Waals surface area contributed by atoms with Crippen LogP contribution < -0.4 is 21.7 Å². The van der Waals surface area contributed by atoms with Gasteiger partial charge in [-0.05, 0) is 31.2 Å². The molecule has 10 nitrogen and oxygen atoms in total. The SMILES string of the molecule is Cn1c(N2CCN(Cc3nc4sc5c(c4c(=O)[nH]3)CCCC5)CC2)c(C#N)c(=O)n(C)c1=O. The summed E-state index contributed by atoms with van der Waals surface area (Å²) >= 11 is 1.64. The number of thiophene rings is 1. The second kappa shape index (κ2) is 8.28. The molecule has 0 spiro atoms. The number of hydrogen-bond acceptors (Lipinski definition) is 8. The normalized spacial score (nSPS) is 16.7. The Balaban J connectivity index is 1.36. The zero-order valence-corrected chi connectivity index (χ0v) is 19.5. The summed E-state index contributed by atoms with van der Waals surface area (Å²) in [5.41, 5.74) is 0.0768. The van der Waals surface area contributed by atoms with E-state index >= 15 is 0 Å². The van der Waals surface area contributed by atoms with E-state index in [1.807, 2.05) is 11.0 Å². The molecule has 0 radical (unpaired) electrons. The molecule has 33 heavy (non-hydrogen) atoms. The van der Waals surface area contributed by atoms with Crippen LogP contribution in [0.2, 0.25) is 0 Å². The molecule has 0 amide bonds. The lowest BCUT2D eigenvalue weighted by Gasteiger charge is -2.36. The summed E-state index contributed by atoms with van der Waals surface area (Å²) in [5, 5.41) is 10.3. The van der Waals surface area contributed by atoms with Crippen LogP contribution in [0.1, 0.15) is 34.7 Å². The van der Waals surface area contributed by atoms with Gasteiger partial charge in [-0.3, -0.25) is 23.6 Å². The first-order valence-corrected chi connectivity index (χ1v) is 11.9. The van der Waals surface area contributed by atoms with Crippen molar-refractivity contribution in [1.82, 2.24) is 24.0 Å².